The van der Waals surface area contributed by atoms with Gasteiger partial charge in [0.2, 0.25) is 0 Å². The second-order valence-corrected chi connectivity index (χ2v) is 3.88. The SMILES string of the molecule is COCc1nn(-c2ccccc2F)c(Cl)c1C#N. The standard InChI is InChI=1S/C12H9ClFN3O/c1-18-7-10-8(6-15)12(13)17(16-10)11-5-3-2-4-9(11)14/h2-5H,7H2,1H3. The van der Waals surface area contributed by atoms with Crippen molar-refractivity contribution in [1.82, 2.24) is 9.78 Å². The highest BCUT2D eigenvalue weighted by Crippen LogP contribution is 2.24. The average Bonchev–Trinajstić information content (AvgIpc) is 2.67. The Bertz CT molecular complexity index is 618. The Balaban J connectivity index is 2.60. The minimum atomic E-state index is -0.463. The van der Waals surface area contributed by atoms with Crippen LogP contribution in [0, 0.1) is 17.1 Å². The number of hydrogen-bond acceptors (Lipinski definition) is 3. The summed E-state index contributed by atoms with van der Waals surface area (Å²) in [6.07, 6.45) is 0. The number of benzene rings is 1. The number of rotatable bonds is 3. The largest absolute Gasteiger partial charge is 0.378 e. The zero-order valence-corrected chi connectivity index (χ0v) is 10.3. The lowest BCUT2D eigenvalue weighted by Gasteiger charge is -2.03. The topological polar surface area (TPSA) is 50.8 Å². The summed E-state index contributed by atoms with van der Waals surface area (Å²) < 4.78 is 19.8. The molecular formula is C12H9ClFN3O. The number of nitrogens with zero attached hydrogens (tertiary/aromatic N) is 3. The first kappa shape index (κ1) is 12.6. The van der Waals surface area contributed by atoms with E-state index in [4.69, 9.17) is 21.6 Å². The highest BCUT2D eigenvalue weighted by atomic mass is 35.5. The molecule has 1 aromatic heterocycles. The molecule has 0 aliphatic carbocycles. The van der Waals surface area contributed by atoms with Gasteiger partial charge in [0.05, 0.1) is 6.61 Å². The van der Waals surface area contributed by atoms with Gasteiger partial charge in [-0.25, -0.2) is 9.07 Å². The van der Waals surface area contributed by atoms with Crippen molar-refractivity contribution in [2.24, 2.45) is 0 Å². The van der Waals surface area contributed by atoms with E-state index < -0.39 is 5.82 Å². The minimum absolute atomic E-state index is 0.0784. The van der Waals surface area contributed by atoms with Crippen LogP contribution in [0.15, 0.2) is 24.3 Å². The maximum absolute atomic E-state index is 13.7. The molecule has 18 heavy (non-hydrogen) atoms. The lowest BCUT2D eigenvalue weighted by atomic mass is 10.3. The summed E-state index contributed by atoms with van der Waals surface area (Å²) in [5.74, 6) is -0.463. The number of halogens is 2. The number of hydrogen-bond donors (Lipinski definition) is 0. The molecule has 0 saturated carbocycles. The zero-order chi connectivity index (χ0) is 13.1. The van der Waals surface area contributed by atoms with E-state index in [2.05, 4.69) is 5.10 Å². The first-order valence-electron chi connectivity index (χ1n) is 5.10. The molecule has 0 bridgehead atoms. The molecule has 0 spiro atoms. The van der Waals surface area contributed by atoms with Gasteiger partial charge in [-0.1, -0.05) is 23.7 Å². The van der Waals surface area contributed by atoms with Gasteiger partial charge in [-0.15, -0.1) is 0 Å². The van der Waals surface area contributed by atoms with Gasteiger partial charge < -0.3 is 4.74 Å². The van der Waals surface area contributed by atoms with Crippen LogP contribution in [0.1, 0.15) is 11.3 Å². The zero-order valence-electron chi connectivity index (χ0n) is 9.52. The van der Waals surface area contributed by atoms with Crippen molar-refractivity contribution < 1.29 is 9.13 Å². The summed E-state index contributed by atoms with van der Waals surface area (Å²) in [4.78, 5) is 0. The first-order chi connectivity index (χ1) is 8.69. The molecule has 0 saturated heterocycles. The molecule has 92 valence electrons. The van der Waals surface area contributed by atoms with Crippen molar-refractivity contribution in [3.05, 3.63) is 46.5 Å². The number of aromatic nitrogens is 2. The van der Waals surface area contributed by atoms with E-state index in [0.717, 1.165) is 0 Å². The molecule has 0 aliphatic heterocycles. The second-order valence-electron chi connectivity index (χ2n) is 3.52. The summed E-state index contributed by atoms with van der Waals surface area (Å²) in [7, 11) is 1.48. The Labute approximate surface area is 108 Å². The van der Waals surface area contributed by atoms with Crippen molar-refractivity contribution in [1.29, 1.82) is 5.26 Å². The van der Waals surface area contributed by atoms with E-state index in [-0.39, 0.29) is 23.0 Å². The molecule has 1 aromatic carbocycles. The monoisotopic (exact) mass is 265 g/mol. The van der Waals surface area contributed by atoms with Crippen LogP contribution in [0.2, 0.25) is 5.15 Å². The molecular weight excluding hydrogens is 257 g/mol. The van der Waals surface area contributed by atoms with Crippen LogP contribution in [0.3, 0.4) is 0 Å². The average molecular weight is 266 g/mol. The van der Waals surface area contributed by atoms with Gasteiger partial charge in [0.1, 0.15) is 28.8 Å². The lowest BCUT2D eigenvalue weighted by Crippen LogP contribution is -2.00. The molecule has 2 aromatic rings. The molecule has 0 radical (unpaired) electrons. The molecule has 0 fully saturated rings. The molecule has 0 N–H and O–H groups in total. The Morgan fingerprint density at radius 1 is 1.50 bits per heavy atom. The van der Waals surface area contributed by atoms with E-state index in [1.54, 1.807) is 12.1 Å². The van der Waals surface area contributed by atoms with E-state index in [1.807, 2.05) is 6.07 Å². The van der Waals surface area contributed by atoms with Crippen LogP contribution in [-0.2, 0) is 11.3 Å². The van der Waals surface area contributed by atoms with Crippen molar-refractivity contribution in [3.8, 4) is 11.8 Å². The van der Waals surface area contributed by atoms with Gasteiger partial charge in [0.25, 0.3) is 0 Å². The minimum Gasteiger partial charge on any atom is -0.378 e. The highest BCUT2D eigenvalue weighted by molar-refractivity contribution is 6.31. The van der Waals surface area contributed by atoms with Crippen molar-refractivity contribution >= 4 is 11.6 Å². The van der Waals surface area contributed by atoms with E-state index >= 15 is 0 Å². The predicted molar refractivity (Wildman–Crippen MR) is 64.0 cm³/mol. The van der Waals surface area contributed by atoms with Gasteiger partial charge >= 0.3 is 0 Å². The van der Waals surface area contributed by atoms with Gasteiger partial charge in [-0.3, -0.25) is 0 Å². The van der Waals surface area contributed by atoms with Crippen molar-refractivity contribution in [2.45, 2.75) is 6.61 Å². The third-order valence-electron chi connectivity index (χ3n) is 2.38. The summed E-state index contributed by atoms with van der Waals surface area (Å²) in [6, 6.07) is 8.01. The molecule has 4 nitrogen and oxygen atoms in total. The number of ether oxygens (including phenoxy) is 1. The number of methoxy groups -OCH3 is 1. The van der Waals surface area contributed by atoms with Gasteiger partial charge in [-0.2, -0.15) is 10.4 Å². The molecule has 0 amide bonds. The number of para-hydroxylation sites is 1. The summed E-state index contributed by atoms with van der Waals surface area (Å²) in [5, 5.41) is 13.2. The quantitative estimate of drug-likeness (QED) is 0.857. The molecule has 2 rings (SSSR count). The second kappa shape index (κ2) is 5.17. The Hall–Kier alpha value is -1.90. The predicted octanol–water partition coefficient (Wildman–Crippen LogP) is 2.68. The van der Waals surface area contributed by atoms with Crippen LogP contribution in [-0.4, -0.2) is 16.9 Å². The molecule has 0 atom stereocenters. The third-order valence-corrected chi connectivity index (χ3v) is 2.72. The highest BCUT2D eigenvalue weighted by Gasteiger charge is 2.18. The fraction of sp³-hybridized carbons (Fsp3) is 0.167. The molecule has 0 aliphatic rings. The maximum Gasteiger partial charge on any atom is 0.151 e. The molecule has 0 unspecified atom stereocenters. The summed E-state index contributed by atoms with van der Waals surface area (Å²) in [5.41, 5.74) is 0.774. The van der Waals surface area contributed by atoms with E-state index in [0.29, 0.717) is 5.69 Å². The van der Waals surface area contributed by atoms with Crippen LogP contribution < -0.4 is 0 Å². The first-order valence-corrected chi connectivity index (χ1v) is 5.48. The Kier molecular flexibility index (Phi) is 3.60. The van der Waals surface area contributed by atoms with Gasteiger partial charge in [-0.05, 0) is 12.1 Å². The Morgan fingerprint density at radius 3 is 2.83 bits per heavy atom. The van der Waals surface area contributed by atoms with E-state index in [9.17, 15) is 4.39 Å². The van der Waals surface area contributed by atoms with E-state index in [1.165, 1.54) is 23.9 Å². The van der Waals surface area contributed by atoms with Crippen molar-refractivity contribution in [2.75, 3.05) is 7.11 Å². The number of nitriles is 1. The summed E-state index contributed by atoms with van der Waals surface area (Å²) in [6.45, 7) is 0.143. The summed E-state index contributed by atoms with van der Waals surface area (Å²) >= 11 is 6.03. The van der Waals surface area contributed by atoms with Gasteiger partial charge in [0, 0.05) is 7.11 Å². The molecule has 1 heterocycles. The van der Waals surface area contributed by atoms with Crippen LogP contribution in [0.25, 0.3) is 5.69 Å². The molecule has 6 heteroatoms. The fourth-order valence-electron chi connectivity index (χ4n) is 1.57. The smallest absolute Gasteiger partial charge is 0.151 e. The lowest BCUT2D eigenvalue weighted by molar-refractivity contribution is 0.181. The maximum atomic E-state index is 13.7. The Morgan fingerprint density at radius 2 is 2.22 bits per heavy atom. The van der Waals surface area contributed by atoms with Gasteiger partial charge in [0.15, 0.2) is 5.15 Å². The van der Waals surface area contributed by atoms with Crippen LogP contribution in [0.5, 0.6) is 0 Å². The fourth-order valence-corrected chi connectivity index (χ4v) is 1.85. The van der Waals surface area contributed by atoms with Crippen molar-refractivity contribution in [3.63, 3.8) is 0 Å². The third kappa shape index (κ3) is 2.08. The van der Waals surface area contributed by atoms with Crippen LogP contribution >= 0.6 is 11.6 Å². The normalized spacial score (nSPS) is 10.3. The van der Waals surface area contributed by atoms with Crippen LogP contribution in [0.4, 0.5) is 4.39 Å².